The summed E-state index contributed by atoms with van der Waals surface area (Å²) in [4.78, 5) is 50.0. The summed E-state index contributed by atoms with van der Waals surface area (Å²) in [5.74, 6) is -3.11. The normalized spacial score (nSPS) is 17.9. The Hall–Kier alpha value is -4.34. The van der Waals surface area contributed by atoms with E-state index in [9.17, 15) is 29.4 Å². The molecule has 0 saturated heterocycles. The monoisotopic (exact) mass is 566 g/mol. The lowest BCUT2D eigenvalue weighted by Gasteiger charge is -2.24. The Balaban J connectivity index is 2.13. The molecule has 3 rings (SSSR count). The molecule has 41 heavy (non-hydrogen) atoms. The smallest absolute Gasteiger partial charge is 0.342 e. The van der Waals surface area contributed by atoms with Crippen molar-refractivity contribution in [3.05, 3.63) is 58.7 Å². The van der Waals surface area contributed by atoms with Crippen molar-refractivity contribution in [1.29, 1.82) is 0 Å². The van der Waals surface area contributed by atoms with E-state index in [1.807, 2.05) is 0 Å². The fourth-order valence-corrected chi connectivity index (χ4v) is 4.80. The van der Waals surface area contributed by atoms with E-state index in [2.05, 4.69) is 5.32 Å². The van der Waals surface area contributed by atoms with Gasteiger partial charge in [-0.3, -0.25) is 14.4 Å². The van der Waals surface area contributed by atoms with Gasteiger partial charge in [-0.1, -0.05) is 24.3 Å². The fraction of sp³-hybridized carbons (Fsp3) is 0.419. The number of rotatable bonds is 7. The van der Waals surface area contributed by atoms with Crippen LogP contribution in [0.5, 0.6) is 17.2 Å². The number of aromatic hydroxyl groups is 2. The molecule has 10 nitrogen and oxygen atoms in total. The summed E-state index contributed by atoms with van der Waals surface area (Å²) in [6.45, 7) is 3.16. The predicted molar refractivity (Wildman–Crippen MR) is 153 cm³/mol. The lowest BCUT2D eigenvalue weighted by Crippen LogP contribution is -2.42. The van der Waals surface area contributed by atoms with Crippen LogP contribution in [0.1, 0.15) is 91.8 Å². The van der Waals surface area contributed by atoms with E-state index < -0.39 is 41.6 Å². The zero-order valence-electron chi connectivity index (χ0n) is 23.6. The van der Waals surface area contributed by atoms with E-state index in [4.69, 9.17) is 15.2 Å². The number of nitrogens with two attached hydrogens (primary N) is 1. The third-order valence-electron chi connectivity index (χ3n) is 7.11. The van der Waals surface area contributed by atoms with Gasteiger partial charge in [0.15, 0.2) is 0 Å². The number of primary amides is 1. The Morgan fingerprint density at radius 2 is 1.83 bits per heavy atom. The molecule has 10 heteroatoms. The lowest BCUT2D eigenvalue weighted by atomic mass is 9.84. The molecular weight excluding hydrogens is 528 g/mol. The first-order valence-electron chi connectivity index (χ1n) is 13.7. The number of fused-ring (bicyclic) bond motifs is 1. The van der Waals surface area contributed by atoms with Crippen LogP contribution in [-0.2, 0) is 19.1 Å². The average Bonchev–Trinajstić information content (AvgIpc) is 2.91. The van der Waals surface area contributed by atoms with E-state index in [-0.39, 0.29) is 34.6 Å². The Labute approximate surface area is 239 Å². The van der Waals surface area contributed by atoms with Gasteiger partial charge in [-0.25, -0.2) is 4.79 Å². The molecule has 1 heterocycles. The first-order chi connectivity index (χ1) is 19.5. The molecule has 0 radical (unpaired) electrons. The van der Waals surface area contributed by atoms with Crippen molar-refractivity contribution in [2.75, 3.05) is 7.11 Å². The third kappa shape index (κ3) is 8.33. The summed E-state index contributed by atoms with van der Waals surface area (Å²) in [7, 11) is 1.51. The quantitative estimate of drug-likeness (QED) is 0.364. The lowest BCUT2D eigenvalue weighted by molar-refractivity contribution is -0.127. The molecule has 3 atom stereocenters. The first kappa shape index (κ1) is 31.2. The van der Waals surface area contributed by atoms with Crippen LogP contribution in [-0.4, -0.2) is 53.0 Å². The number of phenolic OH excluding ortho intramolecular Hbond substituents is 2. The molecule has 2 aromatic carbocycles. The number of nitrogens with one attached hydrogen (secondary N) is 1. The van der Waals surface area contributed by atoms with Gasteiger partial charge in [0.2, 0.25) is 11.8 Å². The van der Waals surface area contributed by atoms with Crippen molar-refractivity contribution in [2.24, 2.45) is 5.73 Å². The minimum atomic E-state index is -0.942. The van der Waals surface area contributed by atoms with E-state index in [1.165, 1.54) is 20.1 Å². The van der Waals surface area contributed by atoms with Gasteiger partial charge >= 0.3 is 5.97 Å². The number of cyclic esters (lactones) is 1. The number of hydrogen-bond acceptors (Lipinski definition) is 8. The van der Waals surface area contributed by atoms with E-state index in [0.29, 0.717) is 49.8 Å². The van der Waals surface area contributed by atoms with Gasteiger partial charge in [-0.05, 0) is 68.9 Å². The minimum absolute atomic E-state index is 0.0412. The molecule has 0 aliphatic carbocycles. The number of ether oxygens (including phenoxy) is 2. The molecule has 5 N–H and O–H groups in total. The van der Waals surface area contributed by atoms with Gasteiger partial charge in [0.1, 0.15) is 34.6 Å². The summed E-state index contributed by atoms with van der Waals surface area (Å²) in [5.41, 5.74) is 5.90. The molecule has 0 spiro atoms. The van der Waals surface area contributed by atoms with Crippen LogP contribution in [0, 0.1) is 0 Å². The summed E-state index contributed by atoms with van der Waals surface area (Å²) in [6.07, 6.45) is 5.67. The maximum Gasteiger partial charge on any atom is 0.342 e. The highest BCUT2D eigenvalue weighted by Gasteiger charge is 2.31. The highest BCUT2D eigenvalue weighted by atomic mass is 16.5. The van der Waals surface area contributed by atoms with Crippen LogP contribution in [0.25, 0.3) is 6.08 Å². The highest BCUT2D eigenvalue weighted by Crippen LogP contribution is 2.44. The van der Waals surface area contributed by atoms with Crippen molar-refractivity contribution in [1.82, 2.24) is 5.32 Å². The summed E-state index contributed by atoms with van der Waals surface area (Å²) in [6, 6.07) is 7.11. The second-order valence-corrected chi connectivity index (χ2v) is 10.3. The van der Waals surface area contributed by atoms with Crippen LogP contribution < -0.4 is 15.8 Å². The summed E-state index contributed by atoms with van der Waals surface area (Å²) < 4.78 is 10.9. The zero-order chi connectivity index (χ0) is 30.1. The molecule has 0 fully saturated rings. The van der Waals surface area contributed by atoms with Crippen molar-refractivity contribution in [3.8, 4) is 17.2 Å². The number of esters is 1. The van der Waals surface area contributed by atoms with Crippen LogP contribution in [0.2, 0.25) is 0 Å². The van der Waals surface area contributed by atoms with Gasteiger partial charge in [0.05, 0.1) is 13.2 Å². The van der Waals surface area contributed by atoms with Crippen molar-refractivity contribution < 1.29 is 38.9 Å². The molecule has 220 valence electrons. The number of phenols is 2. The van der Waals surface area contributed by atoms with Crippen molar-refractivity contribution in [2.45, 2.75) is 76.9 Å². The van der Waals surface area contributed by atoms with Crippen LogP contribution >= 0.6 is 0 Å². The molecular formula is C31H38N2O8. The van der Waals surface area contributed by atoms with Gasteiger partial charge in [0.25, 0.3) is 0 Å². The number of methoxy groups -OCH3 is 1. The number of allylic oxidation sites excluding steroid dienone is 1. The molecule has 2 amide bonds. The molecule has 0 bridgehead atoms. The van der Waals surface area contributed by atoms with Crippen molar-refractivity contribution >= 4 is 29.6 Å². The highest BCUT2D eigenvalue weighted by molar-refractivity contribution is 5.98. The zero-order valence-corrected chi connectivity index (χ0v) is 23.6. The van der Waals surface area contributed by atoms with Crippen LogP contribution in [0.4, 0.5) is 0 Å². The molecule has 1 aliphatic heterocycles. The predicted octanol–water partition coefficient (Wildman–Crippen LogP) is 4.10. The maximum absolute atomic E-state index is 13.4. The average molecular weight is 567 g/mol. The minimum Gasteiger partial charge on any atom is -0.507 e. The molecule has 1 aliphatic rings. The maximum atomic E-state index is 13.4. The molecule has 0 aromatic heterocycles. The van der Waals surface area contributed by atoms with Crippen molar-refractivity contribution in [3.63, 3.8) is 0 Å². The van der Waals surface area contributed by atoms with Gasteiger partial charge in [-0.2, -0.15) is 0 Å². The number of Topliss-reactive ketones (excluding diaryl/α,β-unsaturated/α-hetero) is 1. The number of carbonyl (C=O) groups is 4. The largest absolute Gasteiger partial charge is 0.507 e. The second kappa shape index (κ2) is 14.3. The third-order valence-corrected chi connectivity index (χ3v) is 7.11. The number of carbonyl (C=O) groups excluding carboxylic acids is 4. The second-order valence-electron chi connectivity index (χ2n) is 10.3. The summed E-state index contributed by atoms with van der Waals surface area (Å²) in [5, 5.41) is 25.3. The number of amides is 2. The molecule has 2 aromatic rings. The number of ketones is 1. The Morgan fingerprint density at radius 3 is 2.49 bits per heavy atom. The standard InChI is InChI=1S/C31H38N2O8/c1-18-8-7-11-22(34)10-6-4-5-9-21-16-25(35)28(29(37)27(21)31(39)41-18)24(17-26(36)33-19(2)30(32)38)20-12-14-23(40-3)15-13-20/h5,9,12-16,18-19,24,35,37H,4,6-8,10-11,17H2,1-3H3,(H2,32,38)(H,33,36)/t18-,19-,24?/m0/s1. The van der Waals surface area contributed by atoms with E-state index in [1.54, 1.807) is 43.3 Å². The number of benzene rings is 2. The first-order valence-corrected chi connectivity index (χ1v) is 13.7. The van der Waals surface area contributed by atoms with Gasteiger partial charge < -0.3 is 30.7 Å². The number of hydrogen-bond donors (Lipinski definition) is 4. The van der Waals surface area contributed by atoms with E-state index >= 15 is 0 Å². The fourth-order valence-electron chi connectivity index (χ4n) is 4.80. The van der Waals surface area contributed by atoms with Gasteiger partial charge in [0, 0.05) is 30.7 Å². The van der Waals surface area contributed by atoms with Crippen LogP contribution in [0.3, 0.4) is 0 Å². The Morgan fingerprint density at radius 1 is 1.15 bits per heavy atom. The van der Waals surface area contributed by atoms with Gasteiger partial charge in [-0.15, -0.1) is 0 Å². The SMILES string of the molecule is COc1ccc(C(CC(=O)N[C@@H](C)C(N)=O)c2c(O)cc3c(c2O)C(=O)O[C@@H](C)CCCC(=O)CCCC=C3)cc1. The molecule has 0 saturated carbocycles. The summed E-state index contributed by atoms with van der Waals surface area (Å²) >= 11 is 0. The van der Waals surface area contributed by atoms with E-state index in [0.717, 1.165) is 0 Å². The van der Waals surface area contributed by atoms with Crippen LogP contribution in [0.15, 0.2) is 36.4 Å². The topological polar surface area (TPSA) is 165 Å². The Kier molecular flexibility index (Phi) is 10.9. The Bertz CT molecular complexity index is 1300. The molecule has 1 unspecified atom stereocenters.